The molecule has 520 valence electrons. The Morgan fingerprint density at radius 1 is 0.576 bits per heavy atom. The van der Waals surface area contributed by atoms with Gasteiger partial charge in [-0.1, -0.05) is 98.3 Å². The first kappa shape index (κ1) is 75.3. The Kier molecular flexibility index (Phi) is 27.5. The molecular formula is C66H107ClF3N11O11. The van der Waals surface area contributed by atoms with Gasteiger partial charge in [0.05, 0.1) is 25.6 Å². The van der Waals surface area contributed by atoms with Crippen molar-refractivity contribution in [3.8, 4) is 0 Å². The Hall–Kier alpha value is -5.75. The lowest BCUT2D eigenvalue weighted by molar-refractivity contribution is -0.182. The summed E-state index contributed by atoms with van der Waals surface area (Å²) in [5.41, 5.74) is -1.46. The number of nitrogens with zero attached hydrogens (tertiary/aromatic N) is 7. The molecule has 4 N–H and O–H groups in total. The molecule has 26 heteroatoms. The molecule has 4 saturated carbocycles. The molecule has 1 spiro atoms. The van der Waals surface area contributed by atoms with Gasteiger partial charge in [-0.2, -0.15) is 13.2 Å². The third-order valence-electron chi connectivity index (χ3n) is 21.0. The monoisotopic (exact) mass is 1320 g/mol. The van der Waals surface area contributed by atoms with Crippen molar-refractivity contribution >= 4 is 76.6 Å². The molecule has 0 aromatic carbocycles. The molecule has 0 aromatic heterocycles. The van der Waals surface area contributed by atoms with Gasteiger partial charge in [-0.05, 0) is 114 Å². The van der Waals surface area contributed by atoms with Crippen molar-refractivity contribution in [2.75, 3.05) is 68.5 Å². The van der Waals surface area contributed by atoms with Crippen LogP contribution in [-0.2, 0) is 52.7 Å². The van der Waals surface area contributed by atoms with Crippen LogP contribution in [0.3, 0.4) is 0 Å². The molecule has 4 aliphatic carbocycles. The van der Waals surface area contributed by atoms with Gasteiger partial charge in [-0.25, -0.2) is 0 Å². The number of alkyl halides is 4. The largest absolute Gasteiger partial charge is 0.393 e. The van der Waals surface area contributed by atoms with Crippen LogP contribution in [0.1, 0.15) is 189 Å². The van der Waals surface area contributed by atoms with Crippen LogP contribution in [0.5, 0.6) is 0 Å². The number of rotatable bonds is 11. The molecule has 11 amide bonds. The molecular weight excluding hydrogens is 1220 g/mol. The number of hydrogen-bond acceptors (Lipinski definition) is 11. The molecule has 2 saturated heterocycles. The molecule has 0 aromatic rings. The highest BCUT2D eigenvalue weighted by atomic mass is 35.5. The van der Waals surface area contributed by atoms with Crippen molar-refractivity contribution in [3.05, 3.63) is 0 Å². The normalized spacial score (nSPS) is 30.3. The Morgan fingerprint density at radius 2 is 1.16 bits per heavy atom. The zero-order valence-corrected chi connectivity index (χ0v) is 57.3. The summed E-state index contributed by atoms with van der Waals surface area (Å²) in [4.78, 5) is 169. The minimum atomic E-state index is -4.49. The van der Waals surface area contributed by atoms with E-state index in [1.165, 1.54) is 71.7 Å². The number of fused-ring (bicyclic) bond motifs is 1. The fourth-order valence-electron chi connectivity index (χ4n) is 14.6. The predicted molar refractivity (Wildman–Crippen MR) is 341 cm³/mol. The van der Waals surface area contributed by atoms with Crippen molar-refractivity contribution in [2.24, 2.45) is 35.5 Å². The minimum absolute atomic E-state index is 0.0184. The van der Waals surface area contributed by atoms with Crippen LogP contribution >= 0.6 is 11.6 Å². The molecule has 2 aliphatic heterocycles. The maximum atomic E-state index is 15.2. The average molecular weight is 1320 g/mol. The van der Waals surface area contributed by atoms with E-state index >= 15 is 9.59 Å². The van der Waals surface area contributed by atoms with E-state index < -0.39 is 156 Å². The van der Waals surface area contributed by atoms with Crippen molar-refractivity contribution in [2.45, 2.75) is 248 Å². The summed E-state index contributed by atoms with van der Waals surface area (Å²) in [5.74, 6) is -8.78. The van der Waals surface area contributed by atoms with Crippen LogP contribution in [0.2, 0.25) is 0 Å². The van der Waals surface area contributed by atoms with Crippen molar-refractivity contribution in [1.82, 2.24) is 55.6 Å². The summed E-state index contributed by atoms with van der Waals surface area (Å²) in [5, 5.41) is 10.6. The molecule has 3 unspecified atom stereocenters. The fraction of sp³-hybridized carbons (Fsp3) is 0.833. The zero-order valence-electron chi connectivity index (χ0n) is 56.5. The Bertz CT molecular complexity index is 2620. The molecule has 6 aliphatic rings. The Balaban J connectivity index is 1.35. The lowest BCUT2D eigenvalue weighted by atomic mass is 9.78. The minimum Gasteiger partial charge on any atom is -0.351 e. The molecule has 22 nitrogen and oxygen atoms in total. The maximum absolute atomic E-state index is 15.2. The molecule has 92 heavy (non-hydrogen) atoms. The predicted octanol–water partition coefficient (Wildman–Crippen LogP) is 5.76. The summed E-state index contributed by atoms with van der Waals surface area (Å²) in [6.07, 6.45) is 6.00. The first-order valence-corrected chi connectivity index (χ1v) is 34.5. The van der Waals surface area contributed by atoms with Crippen LogP contribution in [0.25, 0.3) is 0 Å². The van der Waals surface area contributed by atoms with Crippen molar-refractivity contribution in [3.63, 3.8) is 0 Å². The van der Waals surface area contributed by atoms with Crippen LogP contribution < -0.4 is 21.3 Å². The van der Waals surface area contributed by atoms with Gasteiger partial charge < -0.3 is 55.6 Å². The van der Waals surface area contributed by atoms with E-state index in [1.807, 2.05) is 20.8 Å². The van der Waals surface area contributed by atoms with E-state index in [9.17, 15) is 56.3 Å². The number of amides is 11. The summed E-state index contributed by atoms with van der Waals surface area (Å²) in [6, 6.07) is -7.45. The first-order chi connectivity index (χ1) is 43.3. The third-order valence-corrected chi connectivity index (χ3v) is 21.5. The van der Waals surface area contributed by atoms with Gasteiger partial charge in [-0.3, -0.25) is 52.7 Å². The molecule has 0 radical (unpaired) electrons. The summed E-state index contributed by atoms with van der Waals surface area (Å²) in [6.45, 7) is 7.65. The van der Waals surface area contributed by atoms with E-state index in [0.29, 0.717) is 32.1 Å². The average Bonchev–Trinajstić information content (AvgIpc) is 1.52. The van der Waals surface area contributed by atoms with Crippen LogP contribution in [0.4, 0.5) is 13.2 Å². The van der Waals surface area contributed by atoms with Crippen molar-refractivity contribution in [1.29, 1.82) is 0 Å². The molecule has 0 bridgehead atoms. The van der Waals surface area contributed by atoms with Crippen LogP contribution in [-0.4, -0.2) is 227 Å². The van der Waals surface area contributed by atoms with Gasteiger partial charge in [0.15, 0.2) is 0 Å². The number of halogens is 4. The highest BCUT2D eigenvalue weighted by Crippen LogP contribution is 2.44. The lowest BCUT2D eigenvalue weighted by Crippen LogP contribution is -2.64. The first-order valence-electron chi connectivity index (χ1n) is 34.0. The number of likely N-dealkylation sites (N-methyl/N-ethyl adjacent to an activating group) is 6. The molecule has 2 heterocycles. The van der Waals surface area contributed by atoms with Gasteiger partial charge >= 0.3 is 6.18 Å². The van der Waals surface area contributed by atoms with Gasteiger partial charge in [0, 0.05) is 66.7 Å². The van der Waals surface area contributed by atoms with Crippen LogP contribution in [0.15, 0.2) is 0 Å². The number of hydrogen-bond donors (Lipinski definition) is 4. The quantitative estimate of drug-likeness (QED) is 0.181. The highest BCUT2D eigenvalue weighted by molar-refractivity contribution is 6.20. The Labute approximate surface area is 548 Å². The maximum Gasteiger partial charge on any atom is 0.393 e. The molecule has 11 atom stereocenters. The lowest BCUT2D eigenvalue weighted by Gasteiger charge is -2.40. The van der Waals surface area contributed by atoms with E-state index in [2.05, 4.69) is 21.3 Å². The second-order valence-electron chi connectivity index (χ2n) is 28.5. The summed E-state index contributed by atoms with van der Waals surface area (Å²) in [7, 11) is 8.71. The van der Waals surface area contributed by atoms with Crippen molar-refractivity contribution < 1.29 is 65.9 Å². The van der Waals surface area contributed by atoms with E-state index in [4.69, 9.17) is 11.6 Å². The van der Waals surface area contributed by atoms with E-state index in [0.717, 1.165) is 56.3 Å². The topological polar surface area (TPSA) is 259 Å². The molecule has 6 fully saturated rings. The smallest absolute Gasteiger partial charge is 0.351 e. The third kappa shape index (κ3) is 19.7. The van der Waals surface area contributed by atoms with E-state index in [-0.39, 0.29) is 101 Å². The Morgan fingerprint density at radius 3 is 1.75 bits per heavy atom. The zero-order chi connectivity index (χ0) is 68.1. The number of carbonyl (C=O) groups is 11. The second kappa shape index (κ2) is 33.6. The standard InChI is InChI=1S/C66H107ClF3N11O11/c1-12-41(4)57-63(91)77(8)38-55(84)75(6)39-56(85)79(10)52(36-43-20-14-13-15-21-43)62(90)76(7)37-53(82)72-48(28-26-45-25-27-46(47(67)34-45)66(68,69)70)61(89)81-31-19-24-49(81)60(88)74-65(29-16-17-30-65)64(92)80(11)51(35-44-22-18-23-44)58(86)71-42(5)33-54(83)78(9)50(32-40(2)3)59(87)73-57/h40-52,57H,12-39H2,1-11H3,(H,71,86)(H,72,82)(H,73,87)(H,74,88)/t41-,42+,45?,46?,47?,48-,49-,50-,51-,52-,57-/m0/s1. The number of nitrogens with one attached hydrogen (secondary N) is 4. The fourth-order valence-corrected chi connectivity index (χ4v) is 15.1. The summed E-state index contributed by atoms with van der Waals surface area (Å²) >= 11 is 6.37. The van der Waals surface area contributed by atoms with Crippen LogP contribution in [0, 0.1) is 35.5 Å². The SMILES string of the molecule is CC[C@H](C)[C@@H]1NC(=O)[C@H](CC(C)C)N(C)C(=O)C[C@@H](C)NC(=O)[C@H](CC2CCC2)N(C)C(=O)C2(CCCC2)NC(=O)[C@@H]2CCCN2C(=O)[C@H](CCC2CCC(C(F)(F)F)C(Cl)C2)NC(=O)CN(C)C(=O)[C@H](CC2CCCCC2)N(C)C(=O)CN(C)C(=O)CN(C)C1=O. The highest BCUT2D eigenvalue weighted by Gasteiger charge is 2.51. The van der Waals surface area contributed by atoms with Gasteiger partial charge in [0.1, 0.15) is 41.8 Å². The van der Waals surface area contributed by atoms with Gasteiger partial charge in [0.25, 0.3) is 0 Å². The molecule has 6 rings (SSSR count). The number of carbonyl (C=O) groups excluding carboxylic acids is 11. The second-order valence-corrected chi connectivity index (χ2v) is 29.1. The van der Waals surface area contributed by atoms with Gasteiger partial charge in [-0.15, -0.1) is 11.6 Å². The van der Waals surface area contributed by atoms with E-state index in [1.54, 1.807) is 13.8 Å². The summed E-state index contributed by atoms with van der Waals surface area (Å²) < 4.78 is 41.8. The van der Waals surface area contributed by atoms with Gasteiger partial charge in [0.2, 0.25) is 65.0 Å².